The minimum Gasteiger partial charge on any atom is -0.396 e. The standard InChI is InChI=1S/C10H22O7.C6H10O/c11-1-9(2-12,3-13)7-17-8-10(4-14,5-15)6-16;1-3-5-7-6-4-2/h11-16H,1-8H2;3-4H,1-2,5-6H2. The van der Waals surface area contributed by atoms with E-state index in [-0.39, 0.29) is 13.2 Å². The maximum Gasteiger partial charge on any atom is 0.0649 e. The average molecular weight is 352 g/mol. The average Bonchev–Trinajstić information content (AvgIpc) is 2.64. The molecule has 0 heterocycles. The van der Waals surface area contributed by atoms with Crippen molar-refractivity contribution < 1.29 is 40.1 Å². The molecule has 0 amide bonds. The number of hydrogen-bond donors (Lipinski definition) is 6. The quantitative estimate of drug-likeness (QED) is 0.161. The lowest BCUT2D eigenvalue weighted by atomic mass is 9.91. The molecule has 0 radical (unpaired) electrons. The maximum atomic E-state index is 9.03. The molecule has 0 aliphatic rings. The number of rotatable bonds is 14. The highest BCUT2D eigenvalue weighted by Crippen LogP contribution is 2.19. The molecule has 0 saturated carbocycles. The van der Waals surface area contributed by atoms with Crippen LogP contribution in [0.25, 0.3) is 0 Å². The van der Waals surface area contributed by atoms with Crippen LogP contribution in [-0.4, -0.2) is 96.7 Å². The Bertz CT molecular complexity index is 256. The Morgan fingerprint density at radius 2 is 0.875 bits per heavy atom. The van der Waals surface area contributed by atoms with Gasteiger partial charge in [-0.3, -0.25) is 0 Å². The van der Waals surface area contributed by atoms with Crippen molar-refractivity contribution in [1.82, 2.24) is 0 Å². The Morgan fingerprint density at radius 1 is 0.583 bits per heavy atom. The van der Waals surface area contributed by atoms with Crippen molar-refractivity contribution in [1.29, 1.82) is 0 Å². The van der Waals surface area contributed by atoms with Gasteiger partial charge in [0, 0.05) is 0 Å². The molecule has 0 fully saturated rings. The molecule has 0 aliphatic heterocycles. The Hall–Kier alpha value is -0.840. The first kappa shape index (κ1) is 25.4. The highest BCUT2D eigenvalue weighted by atomic mass is 16.5. The second kappa shape index (κ2) is 15.7. The molecule has 24 heavy (non-hydrogen) atoms. The van der Waals surface area contributed by atoms with Gasteiger partial charge in [-0.1, -0.05) is 12.2 Å². The maximum absolute atomic E-state index is 9.03. The van der Waals surface area contributed by atoms with E-state index in [0.717, 1.165) is 0 Å². The van der Waals surface area contributed by atoms with Gasteiger partial charge in [0.15, 0.2) is 0 Å². The lowest BCUT2D eigenvalue weighted by molar-refractivity contribution is -0.103. The highest BCUT2D eigenvalue weighted by molar-refractivity contribution is 4.80. The lowest BCUT2D eigenvalue weighted by Crippen LogP contribution is -2.43. The molecular formula is C16H32O8. The van der Waals surface area contributed by atoms with Crippen LogP contribution in [-0.2, 0) is 9.47 Å². The molecule has 8 heteroatoms. The topological polar surface area (TPSA) is 140 Å². The van der Waals surface area contributed by atoms with Crippen LogP contribution >= 0.6 is 0 Å². The number of hydrogen-bond acceptors (Lipinski definition) is 8. The second-order valence-corrected chi connectivity index (χ2v) is 5.56. The molecule has 0 rings (SSSR count). The summed E-state index contributed by atoms with van der Waals surface area (Å²) in [5.74, 6) is 0. The minimum atomic E-state index is -1.16. The highest BCUT2D eigenvalue weighted by Gasteiger charge is 2.32. The van der Waals surface area contributed by atoms with Gasteiger partial charge in [-0.15, -0.1) is 13.2 Å². The molecule has 0 unspecified atom stereocenters. The van der Waals surface area contributed by atoms with E-state index < -0.39 is 50.5 Å². The van der Waals surface area contributed by atoms with E-state index in [2.05, 4.69) is 13.2 Å². The van der Waals surface area contributed by atoms with E-state index >= 15 is 0 Å². The molecular weight excluding hydrogens is 320 g/mol. The van der Waals surface area contributed by atoms with Crippen molar-refractivity contribution in [2.24, 2.45) is 10.8 Å². The van der Waals surface area contributed by atoms with Gasteiger partial charge in [0.1, 0.15) is 0 Å². The van der Waals surface area contributed by atoms with Crippen molar-refractivity contribution in [3.05, 3.63) is 25.3 Å². The molecule has 6 N–H and O–H groups in total. The largest absolute Gasteiger partial charge is 0.396 e. The van der Waals surface area contributed by atoms with Crippen LogP contribution in [0.1, 0.15) is 0 Å². The molecule has 0 saturated heterocycles. The lowest BCUT2D eigenvalue weighted by Gasteiger charge is -2.31. The summed E-state index contributed by atoms with van der Waals surface area (Å²) in [7, 11) is 0. The number of aliphatic hydroxyl groups excluding tert-OH is 6. The monoisotopic (exact) mass is 352 g/mol. The minimum absolute atomic E-state index is 0.141. The van der Waals surface area contributed by atoms with Gasteiger partial charge >= 0.3 is 0 Å². The van der Waals surface area contributed by atoms with E-state index in [4.69, 9.17) is 40.1 Å². The van der Waals surface area contributed by atoms with E-state index in [9.17, 15) is 0 Å². The predicted octanol–water partition coefficient (Wildman–Crippen LogP) is -1.70. The summed E-state index contributed by atoms with van der Waals surface area (Å²) in [5, 5.41) is 54.2. The van der Waals surface area contributed by atoms with Gasteiger partial charge in [0.2, 0.25) is 0 Å². The van der Waals surface area contributed by atoms with Gasteiger partial charge in [0.05, 0.1) is 76.9 Å². The molecule has 8 nitrogen and oxygen atoms in total. The first-order valence-corrected chi connectivity index (χ1v) is 7.51. The Kier molecular flexibility index (Phi) is 16.6. The van der Waals surface area contributed by atoms with Crippen LogP contribution in [0.2, 0.25) is 0 Å². The number of aliphatic hydroxyl groups is 6. The van der Waals surface area contributed by atoms with Crippen molar-refractivity contribution >= 4 is 0 Å². The number of ether oxygens (including phenoxy) is 2. The van der Waals surface area contributed by atoms with Crippen molar-refractivity contribution in [2.45, 2.75) is 0 Å². The van der Waals surface area contributed by atoms with Crippen LogP contribution in [0, 0.1) is 10.8 Å². The van der Waals surface area contributed by atoms with E-state index in [1.165, 1.54) is 0 Å². The van der Waals surface area contributed by atoms with Gasteiger partial charge in [0.25, 0.3) is 0 Å². The first-order chi connectivity index (χ1) is 11.5. The van der Waals surface area contributed by atoms with Crippen LogP contribution in [0.3, 0.4) is 0 Å². The fourth-order valence-corrected chi connectivity index (χ4v) is 1.29. The molecule has 0 aromatic rings. The summed E-state index contributed by atoms with van der Waals surface area (Å²) in [6.07, 6.45) is 3.42. The van der Waals surface area contributed by atoms with Crippen LogP contribution in [0.15, 0.2) is 25.3 Å². The van der Waals surface area contributed by atoms with Crippen LogP contribution in [0.4, 0.5) is 0 Å². The van der Waals surface area contributed by atoms with Crippen LogP contribution in [0.5, 0.6) is 0 Å². The molecule has 0 aromatic heterocycles. The first-order valence-electron chi connectivity index (χ1n) is 7.51. The van der Waals surface area contributed by atoms with Gasteiger partial charge in [-0.25, -0.2) is 0 Å². The van der Waals surface area contributed by atoms with Crippen molar-refractivity contribution in [3.8, 4) is 0 Å². The summed E-state index contributed by atoms with van der Waals surface area (Å²) in [5.41, 5.74) is -2.32. The molecule has 0 spiro atoms. The molecule has 0 atom stereocenters. The third-order valence-electron chi connectivity index (χ3n) is 3.30. The fourth-order valence-electron chi connectivity index (χ4n) is 1.29. The smallest absolute Gasteiger partial charge is 0.0649 e. The van der Waals surface area contributed by atoms with E-state index in [1.54, 1.807) is 12.2 Å². The normalized spacial score (nSPS) is 11.6. The van der Waals surface area contributed by atoms with E-state index in [0.29, 0.717) is 13.2 Å². The second-order valence-electron chi connectivity index (χ2n) is 5.56. The third-order valence-corrected chi connectivity index (χ3v) is 3.30. The van der Waals surface area contributed by atoms with Gasteiger partial charge < -0.3 is 40.1 Å². The summed E-state index contributed by atoms with van der Waals surface area (Å²) in [6.45, 7) is 5.18. The third kappa shape index (κ3) is 10.1. The van der Waals surface area contributed by atoms with Gasteiger partial charge in [-0.2, -0.15) is 0 Å². The zero-order valence-corrected chi connectivity index (χ0v) is 14.1. The van der Waals surface area contributed by atoms with Crippen molar-refractivity contribution in [2.75, 3.05) is 66.1 Å². The van der Waals surface area contributed by atoms with Gasteiger partial charge in [-0.05, 0) is 0 Å². The Labute approximate surface area is 143 Å². The Morgan fingerprint density at radius 3 is 1.08 bits per heavy atom. The summed E-state index contributed by atoms with van der Waals surface area (Å²) in [6, 6.07) is 0. The van der Waals surface area contributed by atoms with Crippen molar-refractivity contribution in [3.63, 3.8) is 0 Å². The van der Waals surface area contributed by atoms with Crippen LogP contribution < -0.4 is 0 Å². The Balaban J connectivity index is 0. The molecule has 0 bridgehead atoms. The molecule has 144 valence electrons. The SMILES string of the molecule is C=CCOCC=C.OCC(CO)(CO)COCC(CO)(CO)CO. The fraction of sp³-hybridized carbons (Fsp3) is 0.750. The summed E-state index contributed by atoms with van der Waals surface area (Å²) in [4.78, 5) is 0. The molecule has 0 aromatic carbocycles. The zero-order chi connectivity index (χ0) is 18.9. The summed E-state index contributed by atoms with van der Waals surface area (Å²) >= 11 is 0. The zero-order valence-electron chi connectivity index (χ0n) is 14.1. The molecule has 0 aliphatic carbocycles. The van der Waals surface area contributed by atoms with E-state index in [1.807, 2.05) is 0 Å². The summed E-state index contributed by atoms with van der Waals surface area (Å²) < 4.78 is 10.0. The predicted molar refractivity (Wildman–Crippen MR) is 89.4 cm³/mol.